The molecule has 112 valence electrons. The summed E-state index contributed by atoms with van der Waals surface area (Å²) in [6, 6.07) is 1.04. The third-order valence-electron chi connectivity index (χ3n) is 3.28. The van der Waals surface area contributed by atoms with Crippen LogP contribution in [0.3, 0.4) is 0 Å². The van der Waals surface area contributed by atoms with Crippen LogP contribution < -0.4 is 5.32 Å². The molecule has 1 saturated heterocycles. The van der Waals surface area contributed by atoms with E-state index >= 15 is 0 Å². The first kappa shape index (κ1) is 16.3. The lowest BCUT2D eigenvalue weighted by molar-refractivity contribution is 0.00391. The maximum absolute atomic E-state index is 11.8. The highest BCUT2D eigenvalue weighted by molar-refractivity contribution is 5.69. The Bertz CT molecular complexity index is 274. The zero-order chi connectivity index (χ0) is 14.5. The Balaban J connectivity index is 2.27. The van der Waals surface area contributed by atoms with Crippen molar-refractivity contribution in [3.8, 4) is 0 Å². The van der Waals surface area contributed by atoms with E-state index in [-0.39, 0.29) is 6.09 Å². The number of carbonyl (C=O) groups excluding carboxylic acids is 1. The Morgan fingerprint density at radius 3 is 2.21 bits per heavy atom. The van der Waals surface area contributed by atoms with Crippen molar-refractivity contribution in [1.82, 2.24) is 10.2 Å². The monoisotopic (exact) mass is 270 g/mol. The summed E-state index contributed by atoms with van der Waals surface area (Å²) in [7, 11) is 0. The topological polar surface area (TPSA) is 41.6 Å². The highest BCUT2D eigenvalue weighted by Gasteiger charge is 2.34. The zero-order valence-electron chi connectivity index (χ0n) is 13.2. The number of nitrogens with one attached hydrogen (secondary N) is 1. The van der Waals surface area contributed by atoms with Gasteiger partial charge in [-0.05, 0) is 33.6 Å². The van der Waals surface area contributed by atoms with Gasteiger partial charge >= 0.3 is 6.09 Å². The molecule has 19 heavy (non-hydrogen) atoms. The number of carbonyl (C=O) groups is 1. The van der Waals surface area contributed by atoms with E-state index in [1.165, 1.54) is 25.7 Å². The van der Waals surface area contributed by atoms with E-state index in [0.29, 0.717) is 12.1 Å². The van der Waals surface area contributed by atoms with Crippen LogP contribution in [0, 0.1) is 0 Å². The lowest BCUT2D eigenvalue weighted by atomic mass is 10.0. The minimum Gasteiger partial charge on any atom is -0.444 e. The van der Waals surface area contributed by atoms with Gasteiger partial charge in [0.05, 0.1) is 0 Å². The maximum Gasteiger partial charge on any atom is 0.410 e. The summed E-state index contributed by atoms with van der Waals surface area (Å²) >= 11 is 0. The highest BCUT2D eigenvalue weighted by Crippen LogP contribution is 2.16. The lowest BCUT2D eigenvalue weighted by Crippen LogP contribution is -2.62. The molecule has 0 bridgehead atoms. The Hall–Kier alpha value is -0.770. The minimum absolute atomic E-state index is 0.187. The molecule has 1 aliphatic heterocycles. The summed E-state index contributed by atoms with van der Waals surface area (Å²) in [5.41, 5.74) is -0.400. The van der Waals surface area contributed by atoms with Crippen LogP contribution in [0.4, 0.5) is 4.79 Å². The molecule has 4 nitrogen and oxygen atoms in total. The van der Waals surface area contributed by atoms with Crippen LogP contribution >= 0.6 is 0 Å². The molecule has 4 heteroatoms. The molecule has 1 heterocycles. The number of amides is 1. The second-order valence-corrected chi connectivity index (χ2v) is 6.52. The summed E-state index contributed by atoms with van der Waals surface area (Å²) in [5.74, 6) is 0. The molecule has 0 atom stereocenters. The predicted molar refractivity (Wildman–Crippen MR) is 78.3 cm³/mol. The van der Waals surface area contributed by atoms with E-state index in [4.69, 9.17) is 4.74 Å². The van der Waals surface area contributed by atoms with E-state index in [1.54, 1.807) is 4.90 Å². The Morgan fingerprint density at radius 1 is 1.26 bits per heavy atom. The zero-order valence-corrected chi connectivity index (χ0v) is 13.2. The van der Waals surface area contributed by atoms with Crippen molar-refractivity contribution in [1.29, 1.82) is 0 Å². The van der Waals surface area contributed by atoms with Crippen LogP contribution in [-0.2, 0) is 4.74 Å². The van der Waals surface area contributed by atoms with Crippen LogP contribution in [0.25, 0.3) is 0 Å². The molecule has 1 N–H and O–H groups in total. The normalized spacial score (nSPS) is 16.6. The standard InChI is InChI=1S/C15H30N2O2/c1-6-8-12(9-7-2)16-13-10-17(11-13)14(18)19-15(3,4)5/h12-13,16H,6-11H2,1-5H3. The Morgan fingerprint density at radius 2 is 1.79 bits per heavy atom. The average molecular weight is 270 g/mol. The van der Waals surface area contributed by atoms with Crippen molar-refractivity contribution in [3.05, 3.63) is 0 Å². The van der Waals surface area contributed by atoms with Gasteiger partial charge in [0, 0.05) is 25.2 Å². The lowest BCUT2D eigenvalue weighted by Gasteiger charge is -2.41. The summed E-state index contributed by atoms with van der Waals surface area (Å²) in [6.07, 6.45) is 4.67. The van der Waals surface area contributed by atoms with Gasteiger partial charge in [0.2, 0.25) is 0 Å². The summed E-state index contributed by atoms with van der Waals surface area (Å²) in [6.45, 7) is 11.7. The molecule has 0 aliphatic carbocycles. The van der Waals surface area contributed by atoms with E-state index < -0.39 is 5.60 Å². The first-order valence-electron chi connectivity index (χ1n) is 7.59. The van der Waals surface area contributed by atoms with Crippen molar-refractivity contribution in [2.75, 3.05) is 13.1 Å². The second kappa shape index (κ2) is 7.13. The molecule has 1 amide bonds. The molecule has 0 aromatic carbocycles. The fourth-order valence-electron chi connectivity index (χ4n) is 2.40. The first-order valence-corrected chi connectivity index (χ1v) is 7.59. The van der Waals surface area contributed by atoms with Crippen molar-refractivity contribution >= 4 is 6.09 Å². The van der Waals surface area contributed by atoms with Gasteiger partial charge in [-0.25, -0.2) is 4.79 Å². The maximum atomic E-state index is 11.8. The minimum atomic E-state index is -0.400. The van der Waals surface area contributed by atoms with Gasteiger partial charge < -0.3 is 15.0 Å². The third kappa shape index (κ3) is 5.81. The number of ether oxygens (including phenoxy) is 1. The highest BCUT2D eigenvalue weighted by atomic mass is 16.6. The van der Waals surface area contributed by atoms with Crippen molar-refractivity contribution in [3.63, 3.8) is 0 Å². The second-order valence-electron chi connectivity index (χ2n) is 6.52. The number of hydrogen-bond acceptors (Lipinski definition) is 3. The number of likely N-dealkylation sites (tertiary alicyclic amines) is 1. The van der Waals surface area contributed by atoms with E-state index in [2.05, 4.69) is 19.2 Å². The first-order chi connectivity index (χ1) is 8.85. The van der Waals surface area contributed by atoms with Gasteiger partial charge in [-0.3, -0.25) is 0 Å². The molecular formula is C15H30N2O2. The quantitative estimate of drug-likeness (QED) is 0.806. The molecular weight excluding hydrogens is 240 g/mol. The SMILES string of the molecule is CCCC(CCC)NC1CN(C(=O)OC(C)(C)C)C1. The smallest absolute Gasteiger partial charge is 0.410 e. The van der Waals surface area contributed by atoms with Gasteiger partial charge in [0.1, 0.15) is 5.60 Å². The average Bonchev–Trinajstić information content (AvgIpc) is 2.20. The molecule has 1 aliphatic rings. The van der Waals surface area contributed by atoms with Crippen LogP contribution in [0.5, 0.6) is 0 Å². The van der Waals surface area contributed by atoms with Gasteiger partial charge in [-0.1, -0.05) is 26.7 Å². The van der Waals surface area contributed by atoms with Crippen LogP contribution in [0.2, 0.25) is 0 Å². The Kier molecular flexibility index (Phi) is 6.11. The summed E-state index contributed by atoms with van der Waals surface area (Å²) in [5, 5.41) is 3.65. The van der Waals surface area contributed by atoms with Crippen molar-refractivity contribution < 1.29 is 9.53 Å². The molecule has 0 radical (unpaired) electrons. The van der Waals surface area contributed by atoms with Gasteiger partial charge in [0.15, 0.2) is 0 Å². The largest absolute Gasteiger partial charge is 0.444 e. The fourth-order valence-corrected chi connectivity index (χ4v) is 2.40. The fraction of sp³-hybridized carbons (Fsp3) is 0.933. The van der Waals surface area contributed by atoms with E-state index in [0.717, 1.165) is 13.1 Å². The molecule has 1 rings (SSSR count). The molecule has 0 unspecified atom stereocenters. The number of hydrogen-bond donors (Lipinski definition) is 1. The van der Waals surface area contributed by atoms with Crippen LogP contribution in [-0.4, -0.2) is 41.8 Å². The molecule has 1 fully saturated rings. The van der Waals surface area contributed by atoms with Crippen LogP contribution in [0.15, 0.2) is 0 Å². The molecule has 0 spiro atoms. The Labute approximate surface area is 117 Å². The molecule has 0 saturated carbocycles. The van der Waals surface area contributed by atoms with E-state index in [9.17, 15) is 4.79 Å². The summed E-state index contributed by atoms with van der Waals surface area (Å²) in [4.78, 5) is 13.6. The van der Waals surface area contributed by atoms with Gasteiger partial charge in [0.25, 0.3) is 0 Å². The van der Waals surface area contributed by atoms with Gasteiger partial charge in [-0.2, -0.15) is 0 Å². The van der Waals surface area contributed by atoms with E-state index in [1.807, 2.05) is 20.8 Å². The molecule has 0 aromatic rings. The molecule has 0 aromatic heterocycles. The predicted octanol–water partition coefficient (Wildman–Crippen LogP) is 3.16. The number of rotatable bonds is 6. The third-order valence-corrected chi connectivity index (χ3v) is 3.28. The van der Waals surface area contributed by atoms with Gasteiger partial charge in [-0.15, -0.1) is 0 Å². The number of nitrogens with zero attached hydrogens (tertiary/aromatic N) is 1. The summed E-state index contributed by atoms with van der Waals surface area (Å²) < 4.78 is 5.35. The van der Waals surface area contributed by atoms with Crippen molar-refractivity contribution in [2.45, 2.75) is 78.0 Å². The van der Waals surface area contributed by atoms with Crippen molar-refractivity contribution in [2.24, 2.45) is 0 Å². The van der Waals surface area contributed by atoms with Crippen LogP contribution in [0.1, 0.15) is 60.3 Å².